The Hall–Kier alpha value is -2.98. The molecule has 3 aromatic rings. The van der Waals surface area contributed by atoms with Crippen molar-refractivity contribution in [3.05, 3.63) is 90.0 Å². The summed E-state index contributed by atoms with van der Waals surface area (Å²) in [5.41, 5.74) is 2.86. The second kappa shape index (κ2) is 9.44. The molecule has 31 heavy (non-hydrogen) atoms. The van der Waals surface area contributed by atoms with Gasteiger partial charge in [0.25, 0.3) is 0 Å². The van der Waals surface area contributed by atoms with Gasteiger partial charge in [-0.2, -0.15) is 0 Å². The third-order valence-electron chi connectivity index (χ3n) is 6.44. The molecule has 3 aromatic carbocycles. The summed E-state index contributed by atoms with van der Waals surface area (Å²) in [5.74, 6) is 3.53. The van der Waals surface area contributed by atoms with Crippen LogP contribution < -0.4 is 14.2 Å². The van der Waals surface area contributed by atoms with E-state index in [2.05, 4.69) is 65.6 Å². The zero-order chi connectivity index (χ0) is 20.9. The van der Waals surface area contributed by atoms with Crippen LogP contribution in [0.5, 0.6) is 17.2 Å². The maximum Gasteiger partial charge on any atom is 0.231 e. The second-order valence-corrected chi connectivity index (χ2v) is 8.34. The highest BCUT2D eigenvalue weighted by Crippen LogP contribution is 2.38. The minimum Gasteiger partial charge on any atom is -0.492 e. The van der Waals surface area contributed by atoms with Gasteiger partial charge in [0.15, 0.2) is 11.5 Å². The van der Waals surface area contributed by atoms with Crippen molar-refractivity contribution >= 4 is 0 Å². The largest absolute Gasteiger partial charge is 0.492 e. The molecule has 0 atom stereocenters. The normalized spacial score (nSPS) is 16.5. The highest BCUT2D eigenvalue weighted by atomic mass is 16.7. The smallest absolute Gasteiger partial charge is 0.231 e. The first-order chi connectivity index (χ1) is 15.4. The van der Waals surface area contributed by atoms with Crippen LogP contribution >= 0.6 is 0 Å². The molecule has 2 aliphatic heterocycles. The zero-order valence-corrected chi connectivity index (χ0v) is 17.8. The van der Waals surface area contributed by atoms with Crippen LogP contribution in [0.4, 0.5) is 0 Å². The second-order valence-electron chi connectivity index (χ2n) is 8.34. The maximum absolute atomic E-state index is 5.97. The summed E-state index contributed by atoms with van der Waals surface area (Å²) in [6.07, 6.45) is 2.41. The average molecular weight is 416 g/mol. The number of hydrogen-bond acceptors (Lipinski definition) is 4. The summed E-state index contributed by atoms with van der Waals surface area (Å²) in [5, 5.41) is 0. The molecule has 2 heterocycles. The van der Waals surface area contributed by atoms with E-state index in [9.17, 15) is 0 Å². The molecule has 0 aliphatic carbocycles. The fraction of sp³-hybridized carbons (Fsp3) is 0.333. The minimum absolute atomic E-state index is 0.292. The lowest BCUT2D eigenvalue weighted by molar-refractivity contribution is 0.148. The van der Waals surface area contributed by atoms with Crippen molar-refractivity contribution in [1.29, 1.82) is 0 Å². The molecule has 0 amide bonds. The first-order valence-corrected chi connectivity index (χ1v) is 11.2. The molecule has 160 valence electrons. The van der Waals surface area contributed by atoms with Crippen LogP contribution in [0.1, 0.15) is 29.9 Å². The Labute approximate surface area is 184 Å². The van der Waals surface area contributed by atoms with Crippen molar-refractivity contribution in [3.8, 4) is 17.2 Å². The Bertz CT molecular complexity index is 929. The fourth-order valence-corrected chi connectivity index (χ4v) is 4.83. The van der Waals surface area contributed by atoms with E-state index in [4.69, 9.17) is 14.2 Å². The van der Waals surface area contributed by atoms with Crippen molar-refractivity contribution in [2.45, 2.75) is 18.8 Å². The predicted octanol–water partition coefficient (Wildman–Crippen LogP) is 5.34. The van der Waals surface area contributed by atoms with Crippen LogP contribution in [-0.4, -0.2) is 37.9 Å². The Balaban J connectivity index is 1.16. The summed E-state index contributed by atoms with van der Waals surface area (Å²) in [4.78, 5) is 2.52. The molecule has 2 aliphatic rings. The summed E-state index contributed by atoms with van der Waals surface area (Å²) >= 11 is 0. The van der Waals surface area contributed by atoms with Crippen molar-refractivity contribution in [2.75, 3.05) is 33.0 Å². The van der Waals surface area contributed by atoms with Gasteiger partial charge in [0.2, 0.25) is 6.79 Å². The van der Waals surface area contributed by atoms with E-state index in [1.807, 2.05) is 18.2 Å². The molecule has 0 saturated carbocycles. The molecule has 0 radical (unpaired) electrons. The molecule has 0 bridgehead atoms. The van der Waals surface area contributed by atoms with E-state index in [1.54, 1.807) is 0 Å². The minimum atomic E-state index is 0.292. The molecular formula is C27H29NO3. The lowest BCUT2D eigenvalue weighted by Crippen LogP contribution is -2.38. The number of benzene rings is 3. The van der Waals surface area contributed by atoms with E-state index in [-0.39, 0.29) is 0 Å². The van der Waals surface area contributed by atoms with Crippen LogP contribution in [-0.2, 0) is 0 Å². The van der Waals surface area contributed by atoms with Gasteiger partial charge < -0.3 is 14.2 Å². The summed E-state index contributed by atoms with van der Waals surface area (Å²) in [6.45, 7) is 4.16. The Kier molecular flexibility index (Phi) is 6.08. The molecule has 1 saturated heterocycles. The van der Waals surface area contributed by atoms with Gasteiger partial charge in [-0.15, -0.1) is 0 Å². The number of piperidine rings is 1. The highest BCUT2D eigenvalue weighted by Gasteiger charge is 2.28. The van der Waals surface area contributed by atoms with Crippen LogP contribution in [0.15, 0.2) is 78.9 Å². The molecule has 0 N–H and O–H groups in total. The van der Waals surface area contributed by atoms with E-state index in [0.29, 0.717) is 25.2 Å². The van der Waals surface area contributed by atoms with E-state index >= 15 is 0 Å². The topological polar surface area (TPSA) is 30.9 Å². The van der Waals surface area contributed by atoms with Gasteiger partial charge in [0.05, 0.1) is 0 Å². The number of ether oxygens (including phenoxy) is 3. The summed E-state index contributed by atoms with van der Waals surface area (Å²) in [7, 11) is 0. The third-order valence-corrected chi connectivity index (χ3v) is 6.44. The van der Waals surface area contributed by atoms with Gasteiger partial charge in [0, 0.05) is 18.5 Å². The first kappa shape index (κ1) is 20.0. The summed E-state index contributed by atoms with van der Waals surface area (Å²) in [6, 6.07) is 27.8. The fourth-order valence-electron chi connectivity index (χ4n) is 4.83. The standard InChI is InChI=1S/C27H29NO3/c1-3-7-21(8-4-1)27(22-9-5-2-6-10-22)23-13-15-28(16-14-23)17-18-29-24-11-12-25-26(19-24)31-20-30-25/h1-12,19,23,27H,13-18,20H2. The van der Waals surface area contributed by atoms with E-state index < -0.39 is 0 Å². The predicted molar refractivity (Wildman–Crippen MR) is 122 cm³/mol. The number of nitrogens with zero attached hydrogens (tertiary/aromatic N) is 1. The van der Waals surface area contributed by atoms with Gasteiger partial charge in [0.1, 0.15) is 12.4 Å². The van der Waals surface area contributed by atoms with Crippen molar-refractivity contribution in [3.63, 3.8) is 0 Å². The van der Waals surface area contributed by atoms with E-state index in [1.165, 1.54) is 24.0 Å². The van der Waals surface area contributed by atoms with Crippen LogP contribution in [0, 0.1) is 5.92 Å². The molecule has 4 heteroatoms. The highest BCUT2D eigenvalue weighted by molar-refractivity contribution is 5.46. The first-order valence-electron chi connectivity index (χ1n) is 11.2. The number of hydrogen-bond donors (Lipinski definition) is 0. The Morgan fingerprint density at radius 1 is 0.806 bits per heavy atom. The van der Waals surface area contributed by atoms with Crippen molar-refractivity contribution in [1.82, 2.24) is 4.90 Å². The van der Waals surface area contributed by atoms with Gasteiger partial charge in [-0.1, -0.05) is 60.7 Å². The molecule has 0 aromatic heterocycles. The average Bonchev–Trinajstić information content (AvgIpc) is 3.30. The molecule has 0 spiro atoms. The van der Waals surface area contributed by atoms with E-state index in [0.717, 1.165) is 36.9 Å². The number of rotatable bonds is 7. The number of likely N-dealkylation sites (tertiary alicyclic amines) is 1. The third kappa shape index (κ3) is 4.70. The van der Waals surface area contributed by atoms with Crippen LogP contribution in [0.3, 0.4) is 0 Å². The molecule has 4 nitrogen and oxygen atoms in total. The van der Waals surface area contributed by atoms with Gasteiger partial charge in [-0.3, -0.25) is 4.90 Å². The molecule has 0 unspecified atom stereocenters. The Morgan fingerprint density at radius 2 is 1.45 bits per heavy atom. The monoisotopic (exact) mass is 415 g/mol. The molecular weight excluding hydrogens is 386 g/mol. The zero-order valence-electron chi connectivity index (χ0n) is 17.8. The maximum atomic E-state index is 5.97. The summed E-state index contributed by atoms with van der Waals surface area (Å²) < 4.78 is 16.8. The molecule has 5 rings (SSSR count). The number of fused-ring (bicyclic) bond motifs is 1. The molecule has 1 fully saturated rings. The van der Waals surface area contributed by atoms with Gasteiger partial charge in [-0.05, 0) is 55.1 Å². The van der Waals surface area contributed by atoms with Gasteiger partial charge >= 0.3 is 0 Å². The quantitative estimate of drug-likeness (QED) is 0.521. The lowest BCUT2D eigenvalue weighted by Gasteiger charge is -2.36. The lowest BCUT2D eigenvalue weighted by atomic mass is 9.76. The van der Waals surface area contributed by atoms with Crippen molar-refractivity contribution in [2.24, 2.45) is 5.92 Å². The Morgan fingerprint density at radius 3 is 2.13 bits per heavy atom. The van der Waals surface area contributed by atoms with Crippen LogP contribution in [0.2, 0.25) is 0 Å². The van der Waals surface area contributed by atoms with Gasteiger partial charge in [-0.25, -0.2) is 0 Å². The van der Waals surface area contributed by atoms with Crippen LogP contribution in [0.25, 0.3) is 0 Å². The van der Waals surface area contributed by atoms with Crippen molar-refractivity contribution < 1.29 is 14.2 Å². The SMILES string of the molecule is c1ccc(C(c2ccccc2)C2CCN(CCOc3ccc4c(c3)OCO4)CC2)cc1.